The minimum atomic E-state index is -4.45. The number of amides is 1. The van der Waals surface area contributed by atoms with E-state index in [9.17, 15) is 18.0 Å². The molecule has 2 aromatic carbocycles. The van der Waals surface area contributed by atoms with Gasteiger partial charge in [-0.25, -0.2) is 9.97 Å². The smallest absolute Gasteiger partial charge is 0.416 e. The fourth-order valence-electron chi connectivity index (χ4n) is 5.25. The molecule has 0 saturated carbocycles. The van der Waals surface area contributed by atoms with Crippen molar-refractivity contribution in [1.82, 2.24) is 19.9 Å². The highest BCUT2D eigenvalue weighted by Gasteiger charge is 2.32. The van der Waals surface area contributed by atoms with E-state index in [1.54, 1.807) is 24.5 Å². The van der Waals surface area contributed by atoms with Gasteiger partial charge in [-0.15, -0.1) is 0 Å². The first-order valence-corrected chi connectivity index (χ1v) is 13.2. The van der Waals surface area contributed by atoms with Crippen molar-refractivity contribution < 1.29 is 27.4 Å². The van der Waals surface area contributed by atoms with Crippen LogP contribution in [-0.4, -0.2) is 46.5 Å². The van der Waals surface area contributed by atoms with Gasteiger partial charge in [-0.1, -0.05) is 0 Å². The van der Waals surface area contributed by atoms with E-state index in [2.05, 4.69) is 20.3 Å². The summed E-state index contributed by atoms with van der Waals surface area (Å²) in [6.07, 6.45) is 0.244. The maximum atomic E-state index is 13.6. The van der Waals surface area contributed by atoms with E-state index < -0.39 is 11.7 Å². The fourth-order valence-corrected chi connectivity index (χ4v) is 5.25. The fraction of sp³-hybridized carbons (Fsp3) is 0.300. The lowest BCUT2D eigenvalue weighted by molar-refractivity contribution is -0.137. The van der Waals surface area contributed by atoms with E-state index in [-0.39, 0.29) is 11.8 Å². The number of hydrogen-bond donors (Lipinski definition) is 2. The first kappa shape index (κ1) is 26.8. The molecule has 0 saturated heterocycles. The number of fused-ring (bicyclic) bond motifs is 2. The average molecular weight is 564 g/mol. The number of H-pyrrole nitrogens is 1. The maximum absolute atomic E-state index is 13.6. The monoisotopic (exact) mass is 563 g/mol. The third-order valence-corrected chi connectivity index (χ3v) is 7.15. The van der Waals surface area contributed by atoms with Crippen LogP contribution in [0.1, 0.15) is 40.4 Å². The van der Waals surface area contributed by atoms with Crippen LogP contribution in [0.4, 0.5) is 19.0 Å². The zero-order valence-corrected chi connectivity index (χ0v) is 22.5. The molecule has 11 heteroatoms. The molecule has 1 amide bonds. The van der Waals surface area contributed by atoms with Crippen molar-refractivity contribution in [3.05, 3.63) is 82.9 Å². The first-order valence-electron chi connectivity index (χ1n) is 13.2. The number of pyridine rings is 1. The van der Waals surface area contributed by atoms with Gasteiger partial charge >= 0.3 is 6.18 Å². The predicted molar refractivity (Wildman–Crippen MR) is 146 cm³/mol. The Morgan fingerprint density at radius 1 is 1.10 bits per heavy atom. The van der Waals surface area contributed by atoms with Crippen molar-refractivity contribution in [2.24, 2.45) is 0 Å². The number of aromatic amines is 1. The van der Waals surface area contributed by atoms with Gasteiger partial charge in [0, 0.05) is 30.3 Å². The molecule has 0 spiro atoms. The second-order valence-corrected chi connectivity index (χ2v) is 10.6. The number of halogens is 3. The Bertz CT molecular complexity index is 1620. The highest BCUT2D eigenvalue weighted by atomic mass is 19.4. The topological polar surface area (TPSA) is 92.4 Å². The molecule has 2 N–H and O–H groups in total. The molecule has 1 atom stereocenters. The zero-order chi connectivity index (χ0) is 28.7. The van der Waals surface area contributed by atoms with Crippen LogP contribution >= 0.6 is 0 Å². The van der Waals surface area contributed by atoms with Crippen LogP contribution in [0.2, 0.25) is 0 Å². The van der Waals surface area contributed by atoms with Crippen molar-refractivity contribution >= 4 is 11.7 Å². The van der Waals surface area contributed by atoms with Gasteiger partial charge in [0.05, 0.1) is 30.0 Å². The van der Waals surface area contributed by atoms with Crippen LogP contribution in [0.25, 0.3) is 11.3 Å². The highest BCUT2D eigenvalue weighted by molar-refractivity contribution is 5.93. The molecule has 0 fully saturated rings. The number of carbonyl (C=O) groups is 1. The summed E-state index contributed by atoms with van der Waals surface area (Å²) < 4.78 is 53.1. The number of hydrogen-bond acceptors (Lipinski definition) is 6. The number of benzene rings is 2. The maximum Gasteiger partial charge on any atom is 0.416 e. The summed E-state index contributed by atoms with van der Waals surface area (Å²) in [5.41, 5.74) is 2.61. The van der Waals surface area contributed by atoms with Gasteiger partial charge in [0.25, 0.3) is 0 Å². The number of imidazole rings is 1. The molecule has 4 heterocycles. The number of aromatic nitrogens is 3. The molecule has 8 nitrogen and oxygen atoms in total. The minimum absolute atomic E-state index is 0.0673. The van der Waals surface area contributed by atoms with Gasteiger partial charge in [-0.3, -0.25) is 4.79 Å². The second kappa shape index (κ2) is 10.5. The standard InChI is InChI=1S/C30H28F3N5O3/c1-38(2)15-17-9-18(12-21(10-17)30(31,32)33)24-14-35-28(36-24)20-11-19-13-22(3-5-25(19)40-16-20)41-26-7-8-34-29-23(26)4-6-27(39)37-29/h3,5,7-10,12-14,20H,4,6,11,15-16H2,1-2H3,(H,35,36)(H,34,37,39). The van der Waals surface area contributed by atoms with Gasteiger partial charge in [0.15, 0.2) is 0 Å². The SMILES string of the molecule is CN(C)Cc1cc(-c2cnc(C3COc4ccc(Oc5ccnc6c5CCC(=O)N6)cc4C3)[nH]2)cc(C(F)(F)F)c1. The average Bonchev–Trinajstić information content (AvgIpc) is 3.42. The van der Waals surface area contributed by atoms with Crippen LogP contribution in [0.5, 0.6) is 17.2 Å². The molecular formula is C30H28F3N5O3. The molecule has 212 valence electrons. The zero-order valence-electron chi connectivity index (χ0n) is 22.5. The molecule has 2 aromatic heterocycles. The lowest BCUT2D eigenvalue weighted by atomic mass is 9.96. The van der Waals surface area contributed by atoms with Gasteiger partial charge in [-0.2, -0.15) is 13.2 Å². The summed E-state index contributed by atoms with van der Waals surface area (Å²) in [5, 5.41) is 2.78. The van der Waals surface area contributed by atoms with Crippen molar-refractivity contribution in [3.8, 4) is 28.5 Å². The van der Waals surface area contributed by atoms with Crippen molar-refractivity contribution in [2.75, 3.05) is 26.0 Å². The van der Waals surface area contributed by atoms with E-state index in [1.807, 2.05) is 37.2 Å². The number of anilines is 1. The number of ether oxygens (including phenoxy) is 2. The molecule has 41 heavy (non-hydrogen) atoms. The summed E-state index contributed by atoms with van der Waals surface area (Å²) in [5.74, 6) is 2.97. The number of nitrogens with zero attached hydrogens (tertiary/aromatic N) is 3. The molecule has 6 rings (SSSR count). The Morgan fingerprint density at radius 3 is 2.76 bits per heavy atom. The third-order valence-electron chi connectivity index (χ3n) is 7.15. The minimum Gasteiger partial charge on any atom is -0.493 e. The van der Waals surface area contributed by atoms with Crippen molar-refractivity contribution in [1.29, 1.82) is 0 Å². The third kappa shape index (κ3) is 5.76. The Balaban J connectivity index is 1.22. The summed E-state index contributed by atoms with van der Waals surface area (Å²) in [7, 11) is 3.63. The Labute approximate surface area is 234 Å². The first-order chi connectivity index (χ1) is 19.6. The number of nitrogens with one attached hydrogen (secondary N) is 2. The van der Waals surface area contributed by atoms with Crippen LogP contribution < -0.4 is 14.8 Å². The van der Waals surface area contributed by atoms with Gasteiger partial charge in [0.1, 0.15) is 28.9 Å². The van der Waals surface area contributed by atoms with E-state index in [0.717, 1.165) is 22.9 Å². The Kier molecular flexibility index (Phi) is 6.90. The summed E-state index contributed by atoms with van der Waals surface area (Å²) in [6, 6.07) is 11.5. The number of carbonyl (C=O) groups excluding carboxylic acids is 1. The summed E-state index contributed by atoms with van der Waals surface area (Å²) in [6.45, 7) is 0.763. The molecule has 2 aliphatic heterocycles. The molecule has 0 bridgehead atoms. The van der Waals surface area contributed by atoms with Gasteiger partial charge < -0.3 is 24.7 Å². The van der Waals surface area contributed by atoms with Crippen molar-refractivity contribution in [3.63, 3.8) is 0 Å². The molecule has 0 radical (unpaired) electrons. The lowest BCUT2D eigenvalue weighted by Gasteiger charge is -2.25. The molecule has 0 aliphatic carbocycles. The number of rotatable bonds is 6. The quantitative estimate of drug-likeness (QED) is 0.301. The molecule has 4 aromatic rings. The predicted octanol–water partition coefficient (Wildman–Crippen LogP) is 5.95. The van der Waals surface area contributed by atoms with Crippen LogP contribution in [0, 0.1) is 0 Å². The Morgan fingerprint density at radius 2 is 1.95 bits per heavy atom. The van der Waals surface area contributed by atoms with E-state index in [1.165, 1.54) is 6.07 Å². The second-order valence-electron chi connectivity index (χ2n) is 10.6. The molecular weight excluding hydrogens is 535 g/mol. The number of alkyl halides is 3. The van der Waals surface area contributed by atoms with E-state index in [0.29, 0.717) is 72.4 Å². The summed E-state index contributed by atoms with van der Waals surface area (Å²) >= 11 is 0. The lowest BCUT2D eigenvalue weighted by Crippen LogP contribution is -2.20. The Hall–Kier alpha value is -4.38. The van der Waals surface area contributed by atoms with Gasteiger partial charge in [-0.05, 0) is 80.5 Å². The van der Waals surface area contributed by atoms with Crippen LogP contribution in [0.15, 0.2) is 54.9 Å². The summed E-state index contributed by atoms with van der Waals surface area (Å²) in [4.78, 5) is 25.6. The molecule has 2 aliphatic rings. The normalized spacial score (nSPS) is 16.5. The largest absolute Gasteiger partial charge is 0.493 e. The molecule has 1 unspecified atom stereocenters. The van der Waals surface area contributed by atoms with Crippen LogP contribution in [-0.2, 0) is 30.4 Å². The van der Waals surface area contributed by atoms with Crippen molar-refractivity contribution in [2.45, 2.75) is 37.9 Å². The highest BCUT2D eigenvalue weighted by Crippen LogP contribution is 2.38. The van der Waals surface area contributed by atoms with E-state index in [4.69, 9.17) is 9.47 Å². The van der Waals surface area contributed by atoms with Crippen LogP contribution in [0.3, 0.4) is 0 Å². The van der Waals surface area contributed by atoms with E-state index >= 15 is 0 Å². The van der Waals surface area contributed by atoms with Gasteiger partial charge in [0.2, 0.25) is 5.91 Å².